The number of esters is 2. The van der Waals surface area contributed by atoms with E-state index in [4.69, 9.17) is 14.7 Å². The maximum Gasteiger partial charge on any atom is 0.415 e. The molecule has 0 aromatic carbocycles. The molecule has 11 rings (SSSR count). The minimum absolute atomic E-state index is 0.0366. The van der Waals surface area contributed by atoms with Crippen molar-refractivity contribution >= 4 is 24.0 Å². The molecule has 0 aromatic heterocycles. The normalized spacial score (nSPS) is 51.5. The van der Waals surface area contributed by atoms with E-state index in [0.717, 1.165) is 99.2 Å². The third-order valence-corrected chi connectivity index (χ3v) is 13.7. The van der Waals surface area contributed by atoms with Crippen LogP contribution >= 0.6 is 12.0 Å². The Hall–Kier alpha value is -0.970. The van der Waals surface area contributed by atoms with Gasteiger partial charge in [0, 0.05) is 10.8 Å². The van der Waals surface area contributed by atoms with Crippen molar-refractivity contribution in [3.05, 3.63) is 0 Å². The van der Waals surface area contributed by atoms with Gasteiger partial charge in [-0.3, -0.25) is 4.79 Å². The molecular weight excluding hydrogens is 530 g/mol. The molecule has 2 atom stereocenters. The van der Waals surface area contributed by atoms with E-state index in [1.165, 1.54) is 19.3 Å². The molecule has 0 spiro atoms. The van der Waals surface area contributed by atoms with Gasteiger partial charge in [0.25, 0.3) is 0 Å². The van der Waals surface area contributed by atoms with E-state index >= 15 is 0 Å². The summed E-state index contributed by atoms with van der Waals surface area (Å²) in [5.41, 5.74) is -0.801. The molecule has 12 bridgehead atoms. The lowest BCUT2D eigenvalue weighted by Crippen LogP contribution is -2.66. The summed E-state index contributed by atoms with van der Waals surface area (Å²) >= 11 is -0.592. The van der Waals surface area contributed by atoms with Gasteiger partial charge in [-0.15, -0.1) is 4.33 Å². The highest BCUT2D eigenvalue weighted by Gasteiger charge is 2.69. The van der Waals surface area contributed by atoms with E-state index in [1.54, 1.807) is 0 Å². The van der Waals surface area contributed by atoms with Crippen LogP contribution in [0.4, 0.5) is 8.78 Å². The van der Waals surface area contributed by atoms with Crippen molar-refractivity contribution < 1.29 is 42.5 Å². The smallest absolute Gasteiger partial charge is 0.415 e. The van der Waals surface area contributed by atoms with Crippen LogP contribution in [0.1, 0.15) is 77.0 Å². The Labute approximate surface area is 231 Å². The molecule has 7 nitrogen and oxygen atoms in total. The number of ether oxygens (including phenoxy) is 2. The molecule has 0 radical (unpaired) electrons. The molecule has 1 N–H and O–H groups in total. The SMILES string of the molecule is O=C(OCC12CC3CC(C1)CC(COC(=O)C(F)(F)SOOO)(C3)C2)C12CC3C4CC5CC3C(C1)C(C5)C4C2. The molecule has 39 heavy (non-hydrogen) atoms. The molecule has 0 heterocycles. The van der Waals surface area contributed by atoms with E-state index in [9.17, 15) is 18.4 Å². The zero-order chi connectivity index (χ0) is 26.8. The van der Waals surface area contributed by atoms with Crippen molar-refractivity contribution in [1.29, 1.82) is 0 Å². The van der Waals surface area contributed by atoms with Gasteiger partial charge in [-0.2, -0.15) is 8.78 Å². The molecule has 0 aliphatic heterocycles. The first kappa shape index (κ1) is 25.7. The Morgan fingerprint density at radius 3 is 1.77 bits per heavy atom. The zero-order valence-corrected chi connectivity index (χ0v) is 23.0. The molecule has 0 amide bonds. The van der Waals surface area contributed by atoms with Crippen LogP contribution in [-0.2, 0) is 28.4 Å². The molecule has 11 aliphatic carbocycles. The first-order valence-electron chi connectivity index (χ1n) is 15.0. The van der Waals surface area contributed by atoms with Crippen molar-refractivity contribution in [3.63, 3.8) is 0 Å². The summed E-state index contributed by atoms with van der Waals surface area (Å²) in [6.07, 6.45) is 12.8. The highest BCUT2D eigenvalue weighted by molar-refractivity contribution is 7.96. The molecule has 0 aromatic rings. The van der Waals surface area contributed by atoms with Crippen LogP contribution in [0.25, 0.3) is 0 Å². The Morgan fingerprint density at radius 1 is 0.744 bits per heavy atom. The number of carbonyl (C=O) groups excluding carboxylic acids is 2. The number of halogens is 2. The van der Waals surface area contributed by atoms with Crippen molar-refractivity contribution in [2.75, 3.05) is 13.2 Å². The molecule has 2 unspecified atom stereocenters. The largest absolute Gasteiger partial charge is 0.465 e. The predicted molar refractivity (Wildman–Crippen MR) is 133 cm³/mol. The lowest BCUT2D eigenvalue weighted by atomic mass is 9.33. The highest BCUT2D eigenvalue weighted by Crippen LogP contribution is 2.74. The van der Waals surface area contributed by atoms with Crippen LogP contribution in [0.3, 0.4) is 0 Å². The van der Waals surface area contributed by atoms with E-state index in [2.05, 4.69) is 9.37 Å². The maximum atomic E-state index is 14.0. The van der Waals surface area contributed by atoms with Crippen molar-refractivity contribution in [2.45, 2.75) is 82.3 Å². The average molecular weight is 569 g/mol. The zero-order valence-electron chi connectivity index (χ0n) is 22.2. The Kier molecular flexibility index (Phi) is 5.63. The fourth-order valence-electron chi connectivity index (χ4n) is 12.9. The van der Waals surface area contributed by atoms with Crippen molar-refractivity contribution in [1.82, 2.24) is 0 Å². The Balaban J connectivity index is 0.943. The van der Waals surface area contributed by atoms with Gasteiger partial charge >= 0.3 is 17.2 Å². The average Bonchev–Trinajstić information content (AvgIpc) is 2.91. The fourth-order valence-corrected chi connectivity index (χ4v) is 13.2. The van der Waals surface area contributed by atoms with E-state index in [1.807, 2.05) is 0 Å². The summed E-state index contributed by atoms with van der Waals surface area (Å²) in [4.78, 5) is 26.0. The van der Waals surface area contributed by atoms with Crippen molar-refractivity contribution in [2.24, 2.45) is 69.5 Å². The van der Waals surface area contributed by atoms with Crippen LogP contribution in [0.2, 0.25) is 0 Å². The standard InChI is InChI=1S/C29H38F2O7S/c30-29(31,39-38-37-34)25(33)36-14-27-7-16-1-17(8-27)6-26(5-16,12-27)13-35-24(32)28-9-21-18-2-15-3-19(21)23(11-28)20(4-15)22(18)10-28/h15-23,34H,1-14H2. The van der Waals surface area contributed by atoms with Gasteiger partial charge in [-0.1, -0.05) is 5.04 Å². The van der Waals surface area contributed by atoms with E-state index in [-0.39, 0.29) is 28.8 Å². The van der Waals surface area contributed by atoms with Crippen LogP contribution in [-0.4, -0.2) is 35.7 Å². The molecule has 11 saturated carbocycles. The van der Waals surface area contributed by atoms with Crippen LogP contribution in [0, 0.1) is 69.5 Å². The molecule has 11 fully saturated rings. The second-order valence-electron chi connectivity index (χ2n) is 15.3. The molecule has 10 heteroatoms. The van der Waals surface area contributed by atoms with Gasteiger partial charge in [0.05, 0.1) is 18.6 Å². The maximum absolute atomic E-state index is 14.0. The molecule has 0 saturated heterocycles. The topological polar surface area (TPSA) is 91.3 Å². The summed E-state index contributed by atoms with van der Waals surface area (Å²) in [6, 6.07) is 0. The first-order chi connectivity index (χ1) is 18.6. The third-order valence-electron chi connectivity index (χ3n) is 13.2. The summed E-state index contributed by atoms with van der Waals surface area (Å²) < 4.78 is 43.2. The molecular formula is C29H38F2O7S. The van der Waals surface area contributed by atoms with Crippen molar-refractivity contribution in [3.8, 4) is 0 Å². The molecule has 11 aliphatic rings. The quantitative estimate of drug-likeness (QED) is 0.156. The van der Waals surface area contributed by atoms with Gasteiger partial charge < -0.3 is 9.47 Å². The predicted octanol–water partition coefficient (Wildman–Crippen LogP) is 6.03. The molecule has 216 valence electrons. The second kappa shape index (κ2) is 8.54. The summed E-state index contributed by atoms with van der Waals surface area (Å²) in [5.74, 6) is 4.90. The van der Waals surface area contributed by atoms with Gasteiger partial charge in [0.1, 0.15) is 12.0 Å². The summed E-state index contributed by atoms with van der Waals surface area (Å²) in [7, 11) is 0. The Morgan fingerprint density at radius 2 is 1.26 bits per heavy atom. The Bertz CT molecular complexity index is 992. The lowest BCUT2D eigenvalue weighted by molar-refractivity contribution is -0.433. The van der Waals surface area contributed by atoms with Crippen LogP contribution in [0.15, 0.2) is 0 Å². The van der Waals surface area contributed by atoms with Gasteiger partial charge in [0.15, 0.2) is 0 Å². The number of hydrogen-bond donors (Lipinski definition) is 1. The third kappa shape index (κ3) is 3.82. The van der Waals surface area contributed by atoms with Gasteiger partial charge in [0.2, 0.25) is 0 Å². The van der Waals surface area contributed by atoms with Crippen LogP contribution in [0.5, 0.6) is 0 Å². The van der Waals surface area contributed by atoms with Gasteiger partial charge in [-0.05, 0) is 130 Å². The lowest BCUT2D eigenvalue weighted by Gasteiger charge is -2.71. The summed E-state index contributed by atoms with van der Waals surface area (Å²) in [5, 5.41) is 7.36. The van der Waals surface area contributed by atoms with Crippen LogP contribution < -0.4 is 0 Å². The van der Waals surface area contributed by atoms with E-state index < -0.39 is 23.3 Å². The monoisotopic (exact) mass is 568 g/mol. The number of carbonyl (C=O) groups is 2. The van der Waals surface area contributed by atoms with Gasteiger partial charge in [-0.25, -0.2) is 10.1 Å². The first-order valence-corrected chi connectivity index (χ1v) is 15.7. The minimum atomic E-state index is -3.99. The minimum Gasteiger partial charge on any atom is -0.465 e. The fraction of sp³-hybridized carbons (Fsp3) is 0.931. The highest BCUT2D eigenvalue weighted by atomic mass is 32.2. The number of rotatable bonds is 9. The number of alkyl halides is 2. The van der Waals surface area contributed by atoms with E-state index in [0.29, 0.717) is 18.4 Å². The summed E-state index contributed by atoms with van der Waals surface area (Å²) in [6.45, 7) is 0.327. The number of hydrogen-bond acceptors (Lipinski definition) is 8. The second-order valence-corrected chi connectivity index (χ2v) is 16.1.